The van der Waals surface area contributed by atoms with Gasteiger partial charge in [0.05, 0.1) is 18.3 Å². The molecule has 1 spiro atoms. The monoisotopic (exact) mass is 502 g/mol. The Hall–Kier alpha value is -0.830. The molecule has 3 unspecified atom stereocenters. The van der Waals surface area contributed by atoms with Crippen LogP contribution in [-0.4, -0.2) is 36.4 Å². The molecule has 3 fully saturated rings. The van der Waals surface area contributed by atoms with Crippen molar-refractivity contribution in [1.82, 2.24) is 15.8 Å². The maximum absolute atomic E-state index is 6.12. The lowest BCUT2D eigenvalue weighted by molar-refractivity contribution is -0.125. The van der Waals surface area contributed by atoms with Gasteiger partial charge in [0.2, 0.25) is 0 Å². The van der Waals surface area contributed by atoms with Crippen LogP contribution in [0.2, 0.25) is 0 Å². The summed E-state index contributed by atoms with van der Waals surface area (Å²) < 4.78 is 11.6. The van der Waals surface area contributed by atoms with Gasteiger partial charge < -0.3 is 19.9 Å². The Bertz CT molecular complexity index is 662. The van der Waals surface area contributed by atoms with Crippen molar-refractivity contribution in [2.75, 3.05) is 13.2 Å². The van der Waals surface area contributed by atoms with Crippen LogP contribution in [-0.2, 0) is 24.1 Å². The normalized spacial score (nSPS) is 28.0. The molecule has 158 valence electrons. The molecule has 28 heavy (non-hydrogen) atoms. The van der Waals surface area contributed by atoms with E-state index in [4.69, 9.17) is 14.3 Å². The zero-order valence-corrected chi connectivity index (χ0v) is 19.8. The van der Waals surface area contributed by atoms with E-state index in [2.05, 4.69) is 36.6 Å². The summed E-state index contributed by atoms with van der Waals surface area (Å²) >= 11 is 0. The summed E-state index contributed by atoms with van der Waals surface area (Å²) in [5, 5.41) is 11.5. The largest absolute Gasteiger partial charge is 0.377 e. The summed E-state index contributed by atoms with van der Waals surface area (Å²) in [5.74, 6) is 2.52. The number of aromatic nitrogens is 1. The average molecular weight is 502 g/mol. The number of ether oxygens (including phenoxy) is 1. The van der Waals surface area contributed by atoms with E-state index < -0.39 is 0 Å². The molecule has 2 N–H and O–H groups in total. The molecule has 0 aromatic carbocycles. The van der Waals surface area contributed by atoms with Gasteiger partial charge in [-0.25, -0.2) is 4.99 Å². The predicted octanol–water partition coefficient (Wildman–Crippen LogP) is 3.82. The fourth-order valence-corrected chi connectivity index (χ4v) is 5.65. The second-order valence-corrected chi connectivity index (χ2v) is 8.24. The number of nitrogens with one attached hydrogen (secondary N) is 2. The molecular weight excluding hydrogens is 467 g/mol. The van der Waals surface area contributed by atoms with Crippen molar-refractivity contribution in [3.63, 3.8) is 0 Å². The Balaban J connectivity index is 0.00000225. The van der Waals surface area contributed by atoms with Crippen LogP contribution in [0.4, 0.5) is 0 Å². The van der Waals surface area contributed by atoms with Gasteiger partial charge in [0.1, 0.15) is 5.76 Å². The lowest BCUT2D eigenvalue weighted by Crippen LogP contribution is -2.69. The number of fused-ring (bicyclic) bond motifs is 2. The van der Waals surface area contributed by atoms with Gasteiger partial charge in [-0.3, -0.25) is 0 Å². The molecule has 1 aromatic heterocycles. The van der Waals surface area contributed by atoms with E-state index in [-0.39, 0.29) is 24.0 Å². The van der Waals surface area contributed by atoms with Crippen molar-refractivity contribution in [1.29, 1.82) is 0 Å². The Labute approximate surface area is 185 Å². The second-order valence-electron chi connectivity index (χ2n) is 8.24. The zero-order valence-electron chi connectivity index (χ0n) is 17.4. The molecular formula is C21H35IN4O2. The topological polar surface area (TPSA) is 71.7 Å². The number of aryl methyl sites for hydroxylation is 2. The SMILES string of the molecule is CCNC(=NCc1c(CC)noc1CC)NC1C2CCOC2C12CCCC2.I. The van der Waals surface area contributed by atoms with Crippen LogP contribution in [0.25, 0.3) is 0 Å². The fraction of sp³-hybridized carbons (Fsp3) is 0.810. The Morgan fingerprint density at radius 2 is 2.00 bits per heavy atom. The number of hydrogen-bond donors (Lipinski definition) is 2. The number of guanidine groups is 1. The van der Waals surface area contributed by atoms with Gasteiger partial charge in [-0.1, -0.05) is 31.8 Å². The van der Waals surface area contributed by atoms with E-state index in [0.717, 1.165) is 49.0 Å². The molecule has 2 heterocycles. The number of aliphatic imine (C=N–C) groups is 1. The maximum atomic E-state index is 6.12. The highest BCUT2D eigenvalue weighted by atomic mass is 127. The van der Waals surface area contributed by atoms with E-state index in [9.17, 15) is 0 Å². The first-order valence-corrected chi connectivity index (χ1v) is 10.9. The Morgan fingerprint density at radius 1 is 1.21 bits per heavy atom. The third-order valence-electron chi connectivity index (χ3n) is 6.92. The Kier molecular flexibility index (Phi) is 7.28. The molecule has 1 saturated heterocycles. The molecule has 1 aromatic rings. The highest BCUT2D eigenvalue weighted by Crippen LogP contribution is 2.60. The first-order valence-electron chi connectivity index (χ1n) is 10.9. The lowest BCUT2D eigenvalue weighted by atomic mass is 9.54. The summed E-state index contributed by atoms with van der Waals surface area (Å²) in [6.45, 7) is 8.75. The number of rotatable bonds is 6. The van der Waals surface area contributed by atoms with Crippen LogP contribution >= 0.6 is 24.0 Å². The van der Waals surface area contributed by atoms with Crippen LogP contribution in [0.3, 0.4) is 0 Å². The molecule has 0 amide bonds. The minimum atomic E-state index is 0. The van der Waals surface area contributed by atoms with Gasteiger partial charge in [-0.15, -0.1) is 24.0 Å². The summed E-state index contributed by atoms with van der Waals surface area (Å²) in [4.78, 5) is 4.92. The van der Waals surface area contributed by atoms with E-state index >= 15 is 0 Å². The van der Waals surface area contributed by atoms with Gasteiger partial charge in [0.15, 0.2) is 5.96 Å². The van der Waals surface area contributed by atoms with E-state index in [0.29, 0.717) is 30.0 Å². The highest BCUT2D eigenvalue weighted by Gasteiger charge is 2.65. The minimum absolute atomic E-state index is 0. The van der Waals surface area contributed by atoms with Crippen molar-refractivity contribution < 1.29 is 9.26 Å². The van der Waals surface area contributed by atoms with Gasteiger partial charge >= 0.3 is 0 Å². The maximum Gasteiger partial charge on any atom is 0.191 e. The summed E-state index contributed by atoms with van der Waals surface area (Å²) in [6.07, 6.45) is 8.62. The van der Waals surface area contributed by atoms with Crippen molar-refractivity contribution >= 4 is 29.9 Å². The molecule has 2 saturated carbocycles. The predicted molar refractivity (Wildman–Crippen MR) is 121 cm³/mol. The second kappa shape index (κ2) is 9.32. The first-order chi connectivity index (χ1) is 13.2. The molecule has 0 bridgehead atoms. The summed E-state index contributed by atoms with van der Waals surface area (Å²) in [7, 11) is 0. The van der Waals surface area contributed by atoms with Crippen LogP contribution in [0.1, 0.15) is 69.9 Å². The molecule has 7 heteroatoms. The zero-order chi connectivity index (χ0) is 18.9. The number of halogens is 1. The van der Waals surface area contributed by atoms with E-state index in [1.165, 1.54) is 32.1 Å². The lowest BCUT2D eigenvalue weighted by Gasteiger charge is -2.57. The highest BCUT2D eigenvalue weighted by molar-refractivity contribution is 14.0. The quantitative estimate of drug-likeness (QED) is 0.352. The third kappa shape index (κ3) is 3.68. The Morgan fingerprint density at radius 3 is 2.68 bits per heavy atom. The molecule has 2 aliphatic carbocycles. The molecule has 1 aliphatic heterocycles. The smallest absolute Gasteiger partial charge is 0.191 e. The van der Waals surface area contributed by atoms with Crippen molar-refractivity contribution in [3.8, 4) is 0 Å². The van der Waals surface area contributed by atoms with Gasteiger partial charge in [-0.05, 0) is 32.6 Å². The van der Waals surface area contributed by atoms with E-state index in [1.54, 1.807) is 0 Å². The fourth-order valence-electron chi connectivity index (χ4n) is 5.65. The summed E-state index contributed by atoms with van der Waals surface area (Å²) in [6, 6.07) is 0.490. The third-order valence-corrected chi connectivity index (χ3v) is 6.92. The van der Waals surface area contributed by atoms with Gasteiger partial charge in [-0.2, -0.15) is 0 Å². The molecule has 3 aliphatic rings. The standard InChI is InChI=1S/C21H34N4O2.HI/c1-4-16-15(17(5-2)27-25-16)13-23-20(22-6-3)24-18-14-9-12-26-19(14)21(18)10-7-8-11-21;/h14,18-19H,4-13H2,1-3H3,(H2,22,23,24);1H. The van der Waals surface area contributed by atoms with Crippen LogP contribution in [0.5, 0.6) is 0 Å². The van der Waals surface area contributed by atoms with Crippen molar-refractivity contribution in [3.05, 3.63) is 17.0 Å². The minimum Gasteiger partial charge on any atom is -0.377 e. The first kappa shape index (κ1) is 21.9. The number of nitrogens with zero attached hydrogens (tertiary/aromatic N) is 2. The molecule has 3 atom stereocenters. The summed E-state index contributed by atoms with van der Waals surface area (Å²) in [5.41, 5.74) is 2.52. The number of hydrogen-bond acceptors (Lipinski definition) is 4. The van der Waals surface area contributed by atoms with Crippen LogP contribution in [0, 0.1) is 11.3 Å². The molecule has 6 nitrogen and oxygen atoms in total. The van der Waals surface area contributed by atoms with E-state index in [1.807, 2.05) is 0 Å². The van der Waals surface area contributed by atoms with Crippen molar-refractivity contribution in [2.45, 2.75) is 84.4 Å². The van der Waals surface area contributed by atoms with Crippen LogP contribution < -0.4 is 10.6 Å². The van der Waals surface area contributed by atoms with Gasteiger partial charge in [0, 0.05) is 42.5 Å². The molecule has 4 rings (SSSR count). The molecule has 0 radical (unpaired) electrons. The average Bonchev–Trinajstić information content (AvgIpc) is 3.42. The van der Waals surface area contributed by atoms with Crippen molar-refractivity contribution in [2.24, 2.45) is 16.3 Å². The van der Waals surface area contributed by atoms with Gasteiger partial charge in [0.25, 0.3) is 0 Å². The van der Waals surface area contributed by atoms with Crippen LogP contribution in [0.15, 0.2) is 9.52 Å².